The third kappa shape index (κ3) is 3.36. The Labute approximate surface area is 159 Å². The average Bonchev–Trinajstić information content (AvgIpc) is 3.21. The van der Waals surface area contributed by atoms with Crippen LogP contribution in [0.4, 0.5) is 4.39 Å². The molecular formula is C21H17FN2O2S. The van der Waals surface area contributed by atoms with Gasteiger partial charge in [0.2, 0.25) is 0 Å². The fraction of sp³-hybridized carbons (Fsp3) is 0.143. The fourth-order valence-electron chi connectivity index (χ4n) is 3.36. The lowest BCUT2D eigenvalue weighted by molar-refractivity contribution is -0.136. The third-order valence-electron chi connectivity index (χ3n) is 4.64. The lowest BCUT2D eigenvalue weighted by Gasteiger charge is -2.07. The molecule has 0 saturated heterocycles. The zero-order chi connectivity index (χ0) is 19.0. The minimum absolute atomic E-state index is 0.134. The van der Waals surface area contributed by atoms with Crippen molar-refractivity contribution in [2.75, 3.05) is 0 Å². The van der Waals surface area contributed by atoms with E-state index in [2.05, 4.69) is 0 Å². The van der Waals surface area contributed by atoms with E-state index in [-0.39, 0.29) is 12.2 Å². The summed E-state index contributed by atoms with van der Waals surface area (Å²) in [4.78, 5) is 16.0. The Morgan fingerprint density at radius 2 is 2.00 bits per heavy atom. The average molecular weight is 380 g/mol. The highest BCUT2D eigenvalue weighted by molar-refractivity contribution is 7.13. The number of aromatic nitrogens is 2. The number of carboxylic acids is 1. The van der Waals surface area contributed by atoms with E-state index in [9.17, 15) is 14.3 Å². The standard InChI is InChI=1S/C21H17FN2O2S/c1-13-17(10-20(25)26)18-9-15(22)7-8-19(18)24(13)11-16-12-27-21(23-16)14-5-3-2-4-6-14/h2-9,12H,10-11H2,1H3,(H,25,26). The lowest BCUT2D eigenvalue weighted by atomic mass is 10.1. The van der Waals surface area contributed by atoms with Gasteiger partial charge in [0.15, 0.2) is 0 Å². The molecule has 2 heterocycles. The molecule has 0 aliphatic carbocycles. The Morgan fingerprint density at radius 1 is 1.22 bits per heavy atom. The van der Waals surface area contributed by atoms with Crippen LogP contribution in [0.15, 0.2) is 53.9 Å². The van der Waals surface area contributed by atoms with Crippen LogP contribution in [0.3, 0.4) is 0 Å². The predicted octanol–water partition coefficient (Wildman–Crippen LogP) is 4.89. The molecule has 0 spiro atoms. The maximum atomic E-state index is 13.7. The van der Waals surface area contributed by atoms with Crippen molar-refractivity contribution in [2.45, 2.75) is 19.9 Å². The Bertz CT molecular complexity index is 1130. The number of rotatable bonds is 5. The number of nitrogens with zero attached hydrogens (tertiary/aromatic N) is 2. The summed E-state index contributed by atoms with van der Waals surface area (Å²) in [5.74, 6) is -1.30. The van der Waals surface area contributed by atoms with Crippen molar-refractivity contribution in [3.8, 4) is 10.6 Å². The molecule has 0 fully saturated rings. The summed E-state index contributed by atoms with van der Waals surface area (Å²) in [5, 5.41) is 12.8. The molecule has 0 unspecified atom stereocenters. The molecule has 0 bridgehead atoms. The van der Waals surface area contributed by atoms with E-state index < -0.39 is 5.97 Å². The number of hydrogen-bond acceptors (Lipinski definition) is 3. The van der Waals surface area contributed by atoms with E-state index in [4.69, 9.17) is 4.98 Å². The number of hydrogen-bond donors (Lipinski definition) is 1. The summed E-state index contributed by atoms with van der Waals surface area (Å²) in [5.41, 5.74) is 4.25. The maximum Gasteiger partial charge on any atom is 0.307 e. The molecule has 0 saturated carbocycles. The predicted molar refractivity (Wildman–Crippen MR) is 105 cm³/mol. The summed E-state index contributed by atoms with van der Waals surface area (Å²) >= 11 is 1.57. The number of benzene rings is 2. The van der Waals surface area contributed by atoms with Crippen LogP contribution in [0.25, 0.3) is 21.5 Å². The molecule has 0 aliphatic rings. The van der Waals surface area contributed by atoms with Crippen LogP contribution in [-0.4, -0.2) is 20.6 Å². The van der Waals surface area contributed by atoms with Crippen LogP contribution in [0, 0.1) is 12.7 Å². The Morgan fingerprint density at radius 3 is 2.74 bits per heavy atom. The molecule has 4 aromatic rings. The lowest BCUT2D eigenvalue weighted by Crippen LogP contribution is -2.05. The van der Waals surface area contributed by atoms with E-state index >= 15 is 0 Å². The minimum Gasteiger partial charge on any atom is -0.481 e. The van der Waals surface area contributed by atoms with Gasteiger partial charge in [-0.25, -0.2) is 9.37 Å². The van der Waals surface area contributed by atoms with Crippen LogP contribution in [0.1, 0.15) is 17.0 Å². The van der Waals surface area contributed by atoms with Crippen LogP contribution < -0.4 is 0 Å². The molecule has 4 rings (SSSR count). The number of fused-ring (bicyclic) bond motifs is 1. The second-order valence-corrected chi connectivity index (χ2v) is 7.25. The molecule has 0 radical (unpaired) electrons. The highest BCUT2D eigenvalue weighted by atomic mass is 32.1. The van der Waals surface area contributed by atoms with Crippen molar-refractivity contribution in [1.82, 2.24) is 9.55 Å². The molecule has 4 nitrogen and oxygen atoms in total. The summed E-state index contributed by atoms with van der Waals surface area (Å²) in [6.45, 7) is 2.39. The number of aliphatic carboxylic acids is 1. The van der Waals surface area contributed by atoms with Gasteiger partial charge in [0, 0.05) is 27.5 Å². The van der Waals surface area contributed by atoms with Gasteiger partial charge in [-0.05, 0) is 30.7 Å². The van der Waals surface area contributed by atoms with E-state index in [0.717, 1.165) is 27.5 Å². The molecule has 136 valence electrons. The Kier molecular flexibility index (Phi) is 4.49. The zero-order valence-corrected chi connectivity index (χ0v) is 15.5. The topological polar surface area (TPSA) is 55.1 Å². The molecule has 6 heteroatoms. The van der Waals surface area contributed by atoms with Crippen molar-refractivity contribution in [3.63, 3.8) is 0 Å². The van der Waals surface area contributed by atoms with E-state index in [1.54, 1.807) is 17.4 Å². The first kappa shape index (κ1) is 17.4. The molecule has 0 atom stereocenters. The first-order chi connectivity index (χ1) is 13.0. The van der Waals surface area contributed by atoms with Crippen molar-refractivity contribution in [2.24, 2.45) is 0 Å². The summed E-state index contributed by atoms with van der Waals surface area (Å²) < 4.78 is 15.8. The Balaban J connectivity index is 1.75. The number of thiazole rings is 1. The van der Waals surface area contributed by atoms with Crippen LogP contribution >= 0.6 is 11.3 Å². The first-order valence-electron chi connectivity index (χ1n) is 8.52. The normalized spacial score (nSPS) is 11.2. The SMILES string of the molecule is Cc1c(CC(=O)O)c2cc(F)ccc2n1Cc1csc(-c2ccccc2)n1. The Hall–Kier alpha value is -2.99. The summed E-state index contributed by atoms with van der Waals surface area (Å²) in [6, 6.07) is 14.5. The van der Waals surface area contributed by atoms with Crippen molar-refractivity contribution >= 4 is 28.2 Å². The van der Waals surface area contributed by atoms with Gasteiger partial charge in [-0.3, -0.25) is 4.79 Å². The quantitative estimate of drug-likeness (QED) is 0.536. The molecule has 0 amide bonds. The molecule has 0 aliphatic heterocycles. The van der Waals surface area contributed by atoms with Crippen LogP contribution in [0.2, 0.25) is 0 Å². The van der Waals surface area contributed by atoms with Crippen molar-refractivity contribution < 1.29 is 14.3 Å². The number of carbonyl (C=O) groups is 1. The van der Waals surface area contributed by atoms with Gasteiger partial charge < -0.3 is 9.67 Å². The molecular weight excluding hydrogens is 363 g/mol. The van der Waals surface area contributed by atoms with Crippen molar-refractivity contribution in [3.05, 3.63) is 76.7 Å². The first-order valence-corrected chi connectivity index (χ1v) is 9.39. The zero-order valence-electron chi connectivity index (χ0n) is 14.6. The highest BCUT2D eigenvalue weighted by Crippen LogP contribution is 2.29. The smallest absolute Gasteiger partial charge is 0.307 e. The van der Waals surface area contributed by atoms with Gasteiger partial charge >= 0.3 is 5.97 Å². The maximum absolute atomic E-state index is 13.7. The van der Waals surface area contributed by atoms with E-state index in [1.165, 1.54) is 12.1 Å². The fourth-order valence-corrected chi connectivity index (χ4v) is 4.17. The summed E-state index contributed by atoms with van der Waals surface area (Å²) in [7, 11) is 0. The van der Waals surface area contributed by atoms with E-state index in [0.29, 0.717) is 17.5 Å². The second-order valence-electron chi connectivity index (χ2n) is 6.39. The van der Waals surface area contributed by atoms with Crippen LogP contribution in [0.5, 0.6) is 0 Å². The summed E-state index contributed by atoms with van der Waals surface area (Å²) in [6.07, 6.45) is -0.134. The van der Waals surface area contributed by atoms with Gasteiger partial charge in [-0.1, -0.05) is 30.3 Å². The van der Waals surface area contributed by atoms with Gasteiger partial charge in [0.1, 0.15) is 10.8 Å². The van der Waals surface area contributed by atoms with Gasteiger partial charge in [0.05, 0.1) is 18.7 Å². The molecule has 1 N–H and O–H groups in total. The molecule has 2 aromatic heterocycles. The number of carboxylic acid groups (broad SMARTS) is 1. The third-order valence-corrected chi connectivity index (χ3v) is 5.58. The van der Waals surface area contributed by atoms with E-state index in [1.807, 2.05) is 47.2 Å². The van der Waals surface area contributed by atoms with Crippen molar-refractivity contribution in [1.29, 1.82) is 0 Å². The van der Waals surface area contributed by atoms with Gasteiger partial charge in [0.25, 0.3) is 0 Å². The number of halogens is 1. The van der Waals surface area contributed by atoms with Gasteiger partial charge in [-0.15, -0.1) is 11.3 Å². The molecule has 27 heavy (non-hydrogen) atoms. The minimum atomic E-state index is -0.929. The molecule has 2 aromatic carbocycles. The highest BCUT2D eigenvalue weighted by Gasteiger charge is 2.18. The monoisotopic (exact) mass is 380 g/mol. The van der Waals surface area contributed by atoms with Gasteiger partial charge in [-0.2, -0.15) is 0 Å². The largest absolute Gasteiger partial charge is 0.481 e. The second kappa shape index (κ2) is 6.96. The van der Waals surface area contributed by atoms with Crippen LogP contribution in [-0.2, 0) is 17.8 Å².